The van der Waals surface area contributed by atoms with Crippen molar-refractivity contribution in [3.8, 4) is 0 Å². The molecule has 3 aliphatic heterocycles. The number of halogens is 6. The number of fused-ring (bicyclic) bond motifs is 2. The summed E-state index contributed by atoms with van der Waals surface area (Å²) < 4.78 is 79.5. The Hall–Kier alpha value is -1.75. The van der Waals surface area contributed by atoms with Gasteiger partial charge in [0.25, 0.3) is 5.24 Å². The van der Waals surface area contributed by atoms with E-state index in [0.29, 0.717) is 11.8 Å². The number of carbonyl (C=O) groups excluding carboxylic acids is 1. The third-order valence-corrected chi connectivity index (χ3v) is 7.67. The molecule has 0 aliphatic carbocycles. The highest BCUT2D eigenvalue weighted by atomic mass is 32.2. The summed E-state index contributed by atoms with van der Waals surface area (Å²) in [5, 5.41) is 2.58. The molecule has 32 heavy (non-hydrogen) atoms. The zero-order valence-electron chi connectivity index (χ0n) is 17.3. The van der Waals surface area contributed by atoms with Gasteiger partial charge in [0.05, 0.1) is 16.4 Å². The van der Waals surface area contributed by atoms with E-state index in [1.54, 1.807) is 7.05 Å². The number of hydrogen-bond donors (Lipinski definition) is 1. The maximum atomic E-state index is 13.5. The molecule has 0 aromatic heterocycles. The van der Waals surface area contributed by atoms with Crippen molar-refractivity contribution >= 4 is 22.8 Å². The van der Waals surface area contributed by atoms with Gasteiger partial charge in [0.15, 0.2) is 0 Å². The lowest BCUT2D eigenvalue weighted by atomic mass is 9.86. The molecule has 2 bridgehead atoms. The van der Waals surface area contributed by atoms with Crippen LogP contribution in [0.25, 0.3) is 0 Å². The van der Waals surface area contributed by atoms with E-state index in [2.05, 4.69) is 10.3 Å². The van der Waals surface area contributed by atoms with Crippen LogP contribution in [-0.4, -0.2) is 40.4 Å². The van der Waals surface area contributed by atoms with Gasteiger partial charge in [-0.3, -0.25) is 14.7 Å². The molecule has 3 saturated heterocycles. The fraction of sp³-hybridized carbons (Fsp3) is 0.619. The highest BCUT2D eigenvalue weighted by Crippen LogP contribution is 2.44. The summed E-state index contributed by atoms with van der Waals surface area (Å²) in [6.07, 6.45) is -5.62. The van der Waals surface area contributed by atoms with Crippen molar-refractivity contribution in [1.29, 1.82) is 0 Å². The van der Waals surface area contributed by atoms with Crippen LogP contribution in [0.4, 0.5) is 31.1 Å². The van der Waals surface area contributed by atoms with Crippen LogP contribution < -0.4 is 5.32 Å². The van der Waals surface area contributed by atoms with Gasteiger partial charge >= 0.3 is 12.4 Å². The Morgan fingerprint density at radius 1 is 1.09 bits per heavy atom. The van der Waals surface area contributed by atoms with Gasteiger partial charge in [-0.25, -0.2) is 0 Å². The second kappa shape index (κ2) is 8.55. The van der Waals surface area contributed by atoms with Crippen LogP contribution in [0.15, 0.2) is 23.2 Å². The summed E-state index contributed by atoms with van der Waals surface area (Å²) in [4.78, 5) is 17.8. The van der Waals surface area contributed by atoms with Gasteiger partial charge in [0, 0.05) is 25.7 Å². The molecule has 1 aromatic rings. The van der Waals surface area contributed by atoms with Crippen molar-refractivity contribution in [3.05, 3.63) is 34.9 Å². The fourth-order valence-electron chi connectivity index (χ4n) is 5.25. The molecule has 1 amide bonds. The number of benzene rings is 1. The topological polar surface area (TPSA) is 44.7 Å². The van der Waals surface area contributed by atoms with Crippen LogP contribution in [-0.2, 0) is 18.9 Å². The van der Waals surface area contributed by atoms with E-state index in [4.69, 9.17) is 0 Å². The van der Waals surface area contributed by atoms with E-state index in [1.165, 1.54) is 11.8 Å². The first-order chi connectivity index (χ1) is 15.0. The zero-order chi connectivity index (χ0) is 23.3. The maximum Gasteiger partial charge on any atom is 0.416 e. The Kier molecular flexibility index (Phi) is 6.26. The lowest BCUT2D eigenvalue weighted by Crippen LogP contribution is -2.43. The first-order valence-electron chi connectivity index (χ1n) is 10.4. The highest BCUT2D eigenvalue weighted by Gasteiger charge is 2.44. The number of rotatable bonds is 4. The van der Waals surface area contributed by atoms with Crippen molar-refractivity contribution in [1.82, 2.24) is 10.2 Å². The summed E-state index contributed by atoms with van der Waals surface area (Å²) in [6.45, 7) is -0.0189. The standard InChI is InChI=1S/C21H23F6N3OS/c1-28-18-17(32-19(31)29-18)8-11-6-14-4-5-15(7-11)30(14)10-12-2-3-13(20(22,23)24)9-16(12)21(25,26)27/h2-3,9,11,14-15,17H,4-8,10H2,1H3,(H,28,29,31)/t11?,14-,15+,17?. The summed E-state index contributed by atoms with van der Waals surface area (Å²) in [6, 6.07) is 2.08. The van der Waals surface area contributed by atoms with E-state index in [-0.39, 0.29) is 40.7 Å². The molecule has 0 saturated carbocycles. The smallest absolute Gasteiger partial charge is 0.304 e. The van der Waals surface area contributed by atoms with Crippen LogP contribution in [0.3, 0.4) is 0 Å². The summed E-state index contributed by atoms with van der Waals surface area (Å²) in [7, 11) is 1.63. The highest BCUT2D eigenvalue weighted by molar-refractivity contribution is 8.15. The van der Waals surface area contributed by atoms with Gasteiger partial charge in [-0.2, -0.15) is 26.3 Å². The normalized spacial score (nSPS) is 30.2. The second-order valence-corrected chi connectivity index (χ2v) is 9.80. The quantitative estimate of drug-likeness (QED) is 0.563. The molecule has 0 spiro atoms. The molecule has 3 heterocycles. The number of aliphatic imine (C=N–C) groups is 1. The molecule has 3 aliphatic rings. The number of nitrogens with one attached hydrogen (secondary N) is 1. The van der Waals surface area contributed by atoms with Crippen LogP contribution in [0, 0.1) is 5.92 Å². The van der Waals surface area contributed by atoms with Crippen LogP contribution >= 0.6 is 11.8 Å². The van der Waals surface area contributed by atoms with E-state index in [0.717, 1.165) is 44.2 Å². The number of thioether (sulfide) groups is 1. The van der Waals surface area contributed by atoms with Gasteiger partial charge in [-0.05, 0) is 55.7 Å². The number of alkyl halides is 6. The lowest BCUT2D eigenvalue weighted by Gasteiger charge is -2.40. The molecule has 0 radical (unpaired) electrons. The number of hydrogen-bond acceptors (Lipinski definition) is 4. The molecule has 11 heteroatoms. The lowest BCUT2D eigenvalue weighted by molar-refractivity contribution is -0.143. The Bertz CT molecular complexity index is 902. The maximum absolute atomic E-state index is 13.5. The van der Waals surface area contributed by atoms with Gasteiger partial charge in [0.1, 0.15) is 5.84 Å². The molecule has 4 nitrogen and oxygen atoms in total. The van der Waals surface area contributed by atoms with E-state index in [9.17, 15) is 31.1 Å². The minimum Gasteiger partial charge on any atom is -0.304 e. The van der Waals surface area contributed by atoms with Crippen molar-refractivity contribution in [2.75, 3.05) is 7.05 Å². The molecule has 176 valence electrons. The van der Waals surface area contributed by atoms with Gasteiger partial charge in [-0.1, -0.05) is 17.8 Å². The number of carbonyl (C=O) groups is 1. The molecule has 2 unspecified atom stereocenters. The predicted molar refractivity (Wildman–Crippen MR) is 109 cm³/mol. The second-order valence-electron chi connectivity index (χ2n) is 8.63. The average Bonchev–Trinajstić information content (AvgIpc) is 3.15. The van der Waals surface area contributed by atoms with Crippen molar-refractivity contribution in [2.24, 2.45) is 10.9 Å². The summed E-state index contributed by atoms with van der Waals surface area (Å²) in [5.41, 5.74) is -2.63. The Morgan fingerprint density at radius 3 is 2.31 bits per heavy atom. The van der Waals surface area contributed by atoms with Crippen LogP contribution in [0.2, 0.25) is 0 Å². The van der Waals surface area contributed by atoms with Crippen LogP contribution in [0.5, 0.6) is 0 Å². The molecular formula is C21H23F6N3OS. The first kappa shape index (κ1) is 23.4. The SMILES string of the molecule is CN=C1NC(=O)SC1CC1C[C@H]2CC[C@@H](C1)N2Cc1ccc(C(F)(F)F)cc1C(F)(F)F. The Labute approximate surface area is 185 Å². The Morgan fingerprint density at radius 2 is 1.75 bits per heavy atom. The van der Waals surface area contributed by atoms with E-state index < -0.39 is 23.5 Å². The van der Waals surface area contributed by atoms with Gasteiger partial charge < -0.3 is 5.32 Å². The Balaban J connectivity index is 1.48. The largest absolute Gasteiger partial charge is 0.416 e. The fourth-order valence-corrected chi connectivity index (χ4v) is 6.32. The molecular weight excluding hydrogens is 456 g/mol. The van der Waals surface area contributed by atoms with Gasteiger partial charge in [-0.15, -0.1) is 0 Å². The van der Waals surface area contributed by atoms with Gasteiger partial charge in [0.2, 0.25) is 0 Å². The van der Waals surface area contributed by atoms with Crippen molar-refractivity contribution in [3.63, 3.8) is 0 Å². The number of piperidine rings is 1. The van der Waals surface area contributed by atoms with Crippen molar-refractivity contribution < 1.29 is 31.1 Å². The first-order valence-corrected chi connectivity index (χ1v) is 11.3. The molecule has 1 N–H and O–H groups in total. The van der Waals surface area contributed by atoms with E-state index in [1.807, 2.05) is 4.90 Å². The molecule has 4 atom stereocenters. The summed E-state index contributed by atoms with van der Waals surface area (Å²) in [5.74, 6) is 0.981. The number of amidine groups is 1. The monoisotopic (exact) mass is 479 g/mol. The minimum atomic E-state index is -4.86. The third-order valence-electron chi connectivity index (χ3n) is 6.65. The minimum absolute atomic E-state index is 0.0189. The van der Waals surface area contributed by atoms with E-state index >= 15 is 0 Å². The number of nitrogens with zero attached hydrogens (tertiary/aromatic N) is 2. The average molecular weight is 479 g/mol. The van der Waals surface area contributed by atoms with Crippen LogP contribution in [0.1, 0.15) is 48.8 Å². The zero-order valence-corrected chi connectivity index (χ0v) is 18.1. The molecule has 3 fully saturated rings. The molecule has 1 aromatic carbocycles. The summed E-state index contributed by atoms with van der Waals surface area (Å²) >= 11 is 1.21. The third kappa shape index (κ3) is 4.78. The van der Waals surface area contributed by atoms with Crippen molar-refractivity contribution in [2.45, 2.75) is 68.3 Å². The predicted octanol–water partition coefficient (Wildman–Crippen LogP) is 5.71. The molecule has 4 rings (SSSR count). The number of amides is 1.